The van der Waals surface area contributed by atoms with Crippen molar-refractivity contribution in [1.82, 2.24) is 25.1 Å². The third-order valence-electron chi connectivity index (χ3n) is 5.63. The van der Waals surface area contributed by atoms with Crippen LogP contribution in [0.5, 0.6) is 5.75 Å². The van der Waals surface area contributed by atoms with E-state index in [1.165, 1.54) is 0 Å². The Morgan fingerprint density at radius 1 is 1.06 bits per heavy atom. The number of hydrogen-bond donors (Lipinski definition) is 2. The fourth-order valence-corrected chi connectivity index (χ4v) is 3.82. The number of nitrogens with zero attached hydrogens (tertiary/aromatic N) is 3. The molecule has 164 valence electrons. The van der Waals surface area contributed by atoms with Crippen molar-refractivity contribution in [3.63, 3.8) is 0 Å². The lowest BCUT2D eigenvalue weighted by Crippen LogP contribution is -2.26. The van der Waals surface area contributed by atoms with Gasteiger partial charge in [0.05, 0.1) is 24.1 Å². The van der Waals surface area contributed by atoms with Crippen molar-refractivity contribution in [1.29, 1.82) is 0 Å². The summed E-state index contributed by atoms with van der Waals surface area (Å²) in [5.41, 5.74) is 3.28. The first-order chi connectivity index (χ1) is 16.0. The molecule has 1 atom stereocenters. The van der Waals surface area contributed by atoms with Crippen LogP contribution < -0.4 is 15.6 Å². The molecule has 2 N–H and O–H groups in total. The maximum Gasteiger partial charge on any atom is 0.281 e. The summed E-state index contributed by atoms with van der Waals surface area (Å²) in [6.07, 6.45) is 0. The van der Waals surface area contributed by atoms with Gasteiger partial charge < -0.3 is 10.1 Å². The Morgan fingerprint density at radius 3 is 2.55 bits per heavy atom. The maximum atomic E-state index is 12.9. The standard InChI is InChI=1S/C25H21N5O3/c1-15(16-6-4-3-5-7-16)26-24(31)18-10-13-20-21(14-18)30-23(27-25(20)32)22(28-29-30)17-8-11-19(33-2)12-9-17/h3-15,29H,1-2H3,(H,26,31). The summed E-state index contributed by atoms with van der Waals surface area (Å²) >= 11 is 0. The van der Waals surface area contributed by atoms with Gasteiger partial charge in [0.25, 0.3) is 11.5 Å². The van der Waals surface area contributed by atoms with E-state index < -0.39 is 0 Å². The average molecular weight is 439 g/mol. The summed E-state index contributed by atoms with van der Waals surface area (Å²) in [6, 6.07) is 21.8. The zero-order valence-electron chi connectivity index (χ0n) is 18.1. The molecule has 0 aliphatic carbocycles. The van der Waals surface area contributed by atoms with Crippen molar-refractivity contribution >= 4 is 22.5 Å². The molecule has 2 aromatic heterocycles. The predicted molar refractivity (Wildman–Crippen MR) is 125 cm³/mol. The second-order valence-corrected chi connectivity index (χ2v) is 7.70. The van der Waals surface area contributed by atoms with Crippen LogP contribution in [-0.2, 0) is 0 Å². The molecule has 8 heteroatoms. The van der Waals surface area contributed by atoms with Crippen molar-refractivity contribution < 1.29 is 9.53 Å². The number of fused-ring (bicyclic) bond motifs is 3. The topological polar surface area (TPSA) is 101 Å². The van der Waals surface area contributed by atoms with Gasteiger partial charge in [0.2, 0.25) is 0 Å². The number of carbonyl (C=O) groups is 1. The molecule has 5 rings (SSSR count). The van der Waals surface area contributed by atoms with Gasteiger partial charge in [-0.15, -0.1) is 0 Å². The van der Waals surface area contributed by atoms with Crippen LogP contribution in [0.25, 0.3) is 27.8 Å². The molecule has 0 radical (unpaired) electrons. The first-order valence-electron chi connectivity index (χ1n) is 10.5. The Morgan fingerprint density at radius 2 is 1.82 bits per heavy atom. The van der Waals surface area contributed by atoms with Gasteiger partial charge in [0.1, 0.15) is 11.4 Å². The predicted octanol–water partition coefficient (Wildman–Crippen LogP) is 3.74. The van der Waals surface area contributed by atoms with Gasteiger partial charge in [-0.25, -0.2) is 9.73 Å². The van der Waals surface area contributed by atoms with Gasteiger partial charge in [0, 0.05) is 11.1 Å². The fraction of sp³-hybridized carbons (Fsp3) is 0.120. The van der Waals surface area contributed by atoms with E-state index in [9.17, 15) is 9.59 Å². The largest absolute Gasteiger partial charge is 0.497 e. The molecule has 2 heterocycles. The number of H-pyrrole nitrogens is 1. The van der Waals surface area contributed by atoms with Crippen LogP contribution in [0.2, 0.25) is 0 Å². The number of methoxy groups -OCH3 is 1. The Hall–Kier alpha value is -4.46. The van der Waals surface area contributed by atoms with E-state index in [-0.39, 0.29) is 17.5 Å². The number of ether oxygens (including phenoxy) is 1. The molecule has 0 saturated heterocycles. The number of amides is 1. The van der Waals surface area contributed by atoms with E-state index in [0.29, 0.717) is 27.8 Å². The fourth-order valence-electron chi connectivity index (χ4n) is 3.82. The van der Waals surface area contributed by atoms with E-state index in [0.717, 1.165) is 16.9 Å². The van der Waals surface area contributed by atoms with Crippen LogP contribution in [0.4, 0.5) is 0 Å². The Bertz CT molecular complexity index is 1520. The lowest BCUT2D eigenvalue weighted by molar-refractivity contribution is 0.0940. The molecule has 1 unspecified atom stereocenters. The SMILES string of the molecule is COc1ccc(-c2n[nH]n3c2nc(=O)c2ccc(C(=O)NC(C)c4ccccc4)cc23)cc1. The Kier molecular flexibility index (Phi) is 5.10. The van der Waals surface area contributed by atoms with Gasteiger partial charge in [-0.05, 0) is 55.0 Å². The minimum atomic E-state index is -0.384. The molecule has 0 fully saturated rings. The van der Waals surface area contributed by atoms with Gasteiger partial charge in [-0.1, -0.05) is 30.3 Å². The number of benzene rings is 3. The molecule has 0 aliphatic rings. The summed E-state index contributed by atoms with van der Waals surface area (Å²) in [4.78, 5) is 29.9. The Balaban J connectivity index is 1.55. The minimum absolute atomic E-state index is 0.164. The van der Waals surface area contributed by atoms with E-state index in [2.05, 4.69) is 20.6 Å². The molecule has 5 aromatic rings. The number of carbonyl (C=O) groups excluding carboxylic acids is 1. The van der Waals surface area contributed by atoms with E-state index >= 15 is 0 Å². The number of nitrogens with one attached hydrogen (secondary N) is 2. The summed E-state index contributed by atoms with van der Waals surface area (Å²) in [6.45, 7) is 1.93. The normalized spacial score (nSPS) is 12.1. The van der Waals surface area contributed by atoms with Crippen LogP contribution >= 0.6 is 0 Å². The monoisotopic (exact) mass is 439 g/mol. The second-order valence-electron chi connectivity index (χ2n) is 7.70. The molecule has 8 nitrogen and oxygen atoms in total. The zero-order valence-corrected chi connectivity index (χ0v) is 18.1. The van der Waals surface area contributed by atoms with E-state index in [1.807, 2.05) is 61.5 Å². The highest BCUT2D eigenvalue weighted by atomic mass is 16.5. The minimum Gasteiger partial charge on any atom is -0.497 e. The summed E-state index contributed by atoms with van der Waals surface area (Å²) in [5, 5.41) is 10.7. The van der Waals surface area contributed by atoms with Crippen molar-refractivity contribution in [3.8, 4) is 17.0 Å². The molecule has 0 saturated carbocycles. The summed E-state index contributed by atoms with van der Waals surface area (Å²) < 4.78 is 6.82. The molecular formula is C25H21N5O3. The molecule has 1 amide bonds. The van der Waals surface area contributed by atoms with Crippen molar-refractivity contribution in [3.05, 3.63) is 94.3 Å². The first kappa shape index (κ1) is 20.4. The van der Waals surface area contributed by atoms with Crippen LogP contribution in [0, 0.1) is 0 Å². The van der Waals surface area contributed by atoms with Crippen LogP contribution in [0.1, 0.15) is 28.9 Å². The highest BCUT2D eigenvalue weighted by Crippen LogP contribution is 2.25. The van der Waals surface area contributed by atoms with Crippen LogP contribution in [-0.4, -0.2) is 32.8 Å². The highest BCUT2D eigenvalue weighted by molar-refractivity contribution is 5.98. The highest BCUT2D eigenvalue weighted by Gasteiger charge is 2.17. The van der Waals surface area contributed by atoms with Crippen molar-refractivity contribution in [2.75, 3.05) is 7.11 Å². The smallest absolute Gasteiger partial charge is 0.281 e. The maximum absolute atomic E-state index is 12.9. The van der Waals surface area contributed by atoms with Crippen LogP contribution in [0.3, 0.4) is 0 Å². The molecular weight excluding hydrogens is 418 g/mol. The Labute approximate surface area is 188 Å². The number of rotatable bonds is 5. The third-order valence-corrected chi connectivity index (χ3v) is 5.63. The van der Waals surface area contributed by atoms with E-state index in [1.54, 1.807) is 29.8 Å². The second kappa shape index (κ2) is 8.23. The van der Waals surface area contributed by atoms with Gasteiger partial charge in [-0.3, -0.25) is 9.59 Å². The molecule has 0 spiro atoms. The lowest BCUT2D eigenvalue weighted by atomic mass is 10.1. The summed E-state index contributed by atoms with van der Waals surface area (Å²) in [5.74, 6) is 0.482. The van der Waals surface area contributed by atoms with Gasteiger partial charge >= 0.3 is 0 Å². The molecule has 0 aliphatic heterocycles. The van der Waals surface area contributed by atoms with Gasteiger partial charge in [-0.2, -0.15) is 10.1 Å². The lowest BCUT2D eigenvalue weighted by Gasteiger charge is -2.14. The van der Waals surface area contributed by atoms with E-state index in [4.69, 9.17) is 4.74 Å². The summed E-state index contributed by atoms with van der Waals surface area (Å²) in [7, 11) is 1.60. The first-order valence-corrected chi connectivity index (χ1v) is 10.5. The molecule has 33 heavy (non-hydrogen) atoms. The van der Waals surface area contributed by atoms with Gasteiger partial charge in [0.15, 0.2) is 5.65 Å². The van der Waals surface area contributed by atoms with Crippen molar-refractivity contribution in [2.45, 2.75) is 13.0 Å². The average Bonchev–Trinajstić information content (AvgIpc) is 3.28. The third kappa shape index (κ3) is 3.71. The number of hydrogen-bond acceptors (Lipinski definition) is 5. The molecule has 3 aromatic carbocycles. The van der Waals surface area contributed by atoms with Crippen LogP contribution in [0.15, 0.2) is 77.6 Å². The number of aromatic amines is 1. The quantitative estimate of drug-likeness (QED) is 0.434. The molecule has 0 bridgehead atoms. The zero-order chi connectivity index (χ0) is 22.9. The van der Waals surface area contributed by atoms with Crippen molar-refractivity contribution in [2.24, 2.45) is 0 Å². The number of aromatic nitrogens is 4.